The van der Waals surface area contributed by atoms with E-state index in [2.05, 4.69) is 25.1 Å². The summed E-state index contributed by atoms with van der Waals surface area (Å²) >= 11 is 0. The van der Waals surface area contributed by atoms with Gasteiger partial charge in [0.15, 0.2) is 5.82 Å². The average Bonchev–Trinajstić information content (AvgIpc) is 2.88. The highest BCUT2D eigenvalue weighted by molar-refractivity contribution is 7.88. The minimum atomic E-state index is -3.13. The molecule has 106 valence electrons. The summed E-state index contributed by atoms with van der Waals surface area (Å²) in [5.41, 5.74) is 1.06. The van der Waals surface area contributed by atoms with Crippen LogP contribution in [0.1, 0.15) is 12.8 Å². The largest absolute Gasteiger partial charge is 0.370 e. The number of nitrogens with zero attached hydrogens (tertiary/aromatic N) is 3. The molecule has 2 heterocycles. The monoisotopic (exact) mass is 285 g/mol. The molecule has 19 heavy (non-hydrogen) atoms. The van der Waals surface area contributed by atoms with E-state index in [4.69, 9.17) is 0 Å². The number of aromatic nitrogens is 2. The highest BCUT2D eigenvalue weighted by atomic mass is 32.2. The number of rotatable bonds is 6. The van der Waals surface area contributed by atoms with E-state index in [0.717, 1.165) is 25.0 Å². The number of anilines is 2. The minimum absolute atomic E-state index is 0.328. The molecule has 1 aromatic rings. The number of sulfonamides is 1. The van der Waals surface area contributed by atoms with Crippen molar-refractivity contribution in [2.24, 2.45) is 0 Å². The van der Waals surface area contributed by atoms with Crippen LogP contribution in [0.15, 0.2) is 12.3 Å². The van der Waals surface area contributed by atoms with Crippen LogP contribution in [0, 0.1) is 0 Å². The fourth-order valence-corrected chi connectivity index (χ4v) is 2.49. The second kappa shape index (κ2) is 6.16. The summed E-state index contributed by atoms with van der Waals surface area (Å²) in [4.78, 5) is 2.27. The van der Waals surface area contributed by atoms with Gasteiger partial charge < -0.3 is 10.2 Å². The molecule has 1 aliphatic rings. The lowest BCUT2D eigenvalue weighted by atomic mass is 10.4. The number of hydrogen-bond donors (Lipinski definition) is 2. The molecule has 1 aliphatic heterocycles. The third-order valence-electron chi connectivity index (χ3n) is 2.91. The highest BCUT2D eigenvalue weighted by Crippen LogP contribution is 2.20. The molecule has 1 fully saturated rings. The summed E-state index contributed by atoms with van der Waals surface area (Å²) in [5.74, 6) is 0.666. The molecule has 0 radical (unpaired) electrons. The zero-order valence-electron chi connectivity index (χ0n) is 11.0. The molecular weight excluding hydrogens is 266 g/mol. The lowest BCUT2D eigenvalue weighted by Crippen LogP contribution is -2.28. The van der Waals surface area contributed by atoms with Crippen molar-refractivity contribution in [3.05, 3.63) is 12.3 Å². The zero-order chi connectivity index (χ0) is 13.7. The Bertz CT molecular complexity index is 514. The lowest BCUT2D eigenvalue weighted by Gasteiger charge is -2.17. The summed E-state index contributed by atoms with van der Waals surface area (Å²) in [6, 6.07) is 1.94. The van der Waals surface area contributed by atoms with E-state index >= 15 is 0 Å². The number of hydrogen-bond acceptors (Lipinski definition) is 6. The lowest BCUT2D eigenvalue weighted by molar-refractivity contribution is 0.589. The first-order valence-corrected chi connectivity index (χ1v) is 8.20. The van der Waals surface area contributed by atoms with E-state index < -0.39 is 10.0 Å². The first-order chi connectivity index (χ1) is 9.04. The molecule has 0 amide bonds. The van der Waals surface area contributed by atoms with Crippen molar-refractivity contribution in [1.29, 1.82) is 0 Å². The van der Waals surface area contributed by atoms with Gasteiger partial charge in [-0.05, 0) is 12.8 Å². The summed E-state index contributed by atoms with van der Waals surface area (Å²) in [6.45, 7) is 2.92. The van der Waals surface area contributed by atoms with Crippen LogP contribution >= 0.6 is 0 Å². The Kier molecular flexibility index (Phi) is 4.54. The van der Waals surface area contributed by atoms with Crippen molar-refractivity contribution >= 4 is 21.5 Å². The van der Waals surface area contributed by atoms with Crippen LogP contribution in [0.5, 0.6) is 0 Å². The summed E-state index contributed by atoms with van der Waals surface area (Å²) in [5, 5.41) is 11.0. The Morgan fingerprint density at radius 3 is 2.74 bits per heavy atom. The molecular formula is C11H19N5O2S. The molecule has 1 aromatic heterocycles. The predicted molar refractivity (Wildman–Crippen MR) is 74.8 cm³/mol. The summed E-state index contributed by atoms with van der Waals surface area (Å²) in [6.07, 6.45) is 5.32. The third-order valence-corrected chi connectivity index (χ3v) is 3.64. The van der Waals surface area contributed by atoms with Crippen LogP contribution < -0.4 is 14.9 Å². The van der Waals surface area contributed by atoms with Crippen molar-refractivity contribution in [3.63, 3.8) is 0 Å². The molecule has 0 unspecified atom stereocenters. The van der Waals surface area contributed by atoms with Gasteiger partial charge in [-0.15, -0.1) is 5.10 Å². The molecule has 0 aromatic carbocycles. The molecule has 1 saturated heterocycles. The van der Waals surface area contributed by atoms with Gasteiger partial charge in [-0.25, -0.2) is 13.1 Å². The topological polar surface area (TPSA) is 87.2 Å². The van der Waals surface area contributed by atoms with Gasteiger partial charge in [-0.1, -0.05) is 0 Å². The first-order valence-electron chi connectivity index (χ1n) is 6.31. The van der Waals surface area contributed by atoms with Crippen LogP contribution in [0.4, 0.5) is 11.5 Å². The van der Waals surface area contributed by atoms with E-state index in [1.807, 2.05) is 6.07 Å². The van der Waals surface area contributed by atoms with E-state index in [1.165, 1.54) is 12.8 Å². The van der Waals surface area contributed by atoms with Crippen molar-refractivity contribution in [3.8, 4) is 0 Å². The minimum Gasteiger partial charge on any atom is -0.370 e. The van der Waals surface area contributed by atoms with Crippen LogP contribution in [0.2, 0.25) is 0 Å². The van der Waals surface area contributed by atoms with E-state index in [1.54, 1.807) is 6.20 Å². The molecule has 0 atom stereocenters. The quantitative estimate of drug-likeness (QED) is 0.718. The molecule has 0 spiro atoms. The molecule has 7 nitrogen and oxygen atoms in total. The maximum absolute atomic E-state index is 10.9. The van der Waals surface area contributed by atoms with Gasteiger partial charge in [-0.3, -0.25) is 0 Å². The fraction of sp³-hybridized carbons (Fsp3) is 0.636. The van der Waals surface area contributed by atoms with Crippen molar-refractivity contribution < 1.29 is 8.42 Å². The highest BCUT2D eigenvalue weighted by Gasteiger charge is 2.13. The maximum atomic E-state index is 10.9. The molecule has 0 aliphatic carbocycles. The van der Waals surface area contributed by atoms with Crippen molar-refractivity contribution in [2.75, 3.05) is 42.7 Å². The third kappa shape index (κ3) is 4.64. The van der Waals surface area contributed by atoms with Gasteiger partial charge in [0, 0.05) is 32.2 Å². The predicted octanol–water partition coefficient (Wildman–Crippen LogP) is 0.0379. The Morgan fingerprint density at radius 2 is 2.05 bits per heavy atom. The molecule has 8 heteroatoms. The standard InChI is InChI=1S/C11H19N5O2S/c1-19(17,18)14-5-4-12-11-8-10(9-13-15-11)16-6-2-3-7-16/h8-9,14H,2-7H2,1H3,(H,12,15). The van der Waals surface area contributed by atoms with E-state index in [9.17, 15) is 8.42 Å². The maximum Gasteiger partial charge on any atom is 0.208 e. The normalized spacial score (nSPS) is 15.7. The average molecular weight is 285 g/mol. The van der Waals surface area contributed by atoms with Gasteiger partial charge in [-0.2, -0.15) is 5.10 Å². The van der Waals surface area contributed by atoms with Crippen molar-refractivity contribution in [2.45, 2.75) is 12.8 Å². The Morgan fingerprint density at radius 1 is 1.32 bits per heavy atom. The SMILES string of the molecule is CS(=O)(=O)NCCNc1cc(N2CCCC2)cnn1. The Hall–Kier alpha value is -1.41. The van der Waals surface area contributed by atoms with Crippen LogP contribution in [0.3, 0.4) is 0 Å². The van der Waals surface area contributed by atoms with Crippen LogP contribution in [0.25, 0.3) is 0 Å². The fourth-order valence-electron chi connectivity index (χ4n) is 2.02. The smallest absolute Gasteiger partial charge is 0.208 e. The van der Waals surface area contributed by atoms with Crippen LogP contribution in [-0.4, -0.2) is 51.0 Å². The van der Waals surface area contributed by atoms with Crippen LogP contribution in [-0.2, 0) is 10.0 Å². The van der Waals surface area contributed by atoms with E-state index in [-0.39, 0.29) is 0 Å². The van der Waals surface area contributed by atoms with Gasteiger partial charge in [0.1, 0.15) is 0 Å². The van der Waals surface area contributed by atoms with Gasteiger partial charge in [0.2, 0.25) is 10.0 Å². The molecule has 2 N–H and O–H groups in total. The van der Waals surface area contributed by atoms with Gasteiger partial charge in [0.05, 0.1) is 18.1 Å². The summed E-state index contributed by atoms with van der Waals surface area (Å²) in [7, 11) is -3.13. The van der Waals surface area contributed by atoms with E-state index in [0.29, 0.717) is 18.9 Å². The Balaban J connectivity index is 1.85. The van der Waals surface area contributed by atoms with Gasteiger partial charge >= 0.3 is 0 Å². The first kappa shape index (κ1) is 14.0. The van der Waals surface area contributed by atoms with Gasteiger partial charge in [0.25, 0.3) is 0 Å². The second-order valence-corrected chi connectivity index (χ2v) is 6.42. The molecule has 0 bridgehead atoms. The molecule has 2 rings (SSSR count). The second-order valence-electron chi connectivity index (χ2n) is 4.59. The Labute approximate surface area is 113 Å². The molecule has 0 saturated carbocycles. The number of nitrogens with one attached hydrogen (secondary N) is 2. The van der Waals surface area contributed by atoms with Crippen molar-refractivity contribution in [1.82, 2.24) is 14.9 Å². The zero-order valence-corrected chi connectivity index (χ0v) is 11.8. The summed E-state index contributed by atoms with van der Waals surface area (Å²) < 4.78 is 24.2.